The largest absolute Gasteiger partial charge is 0.416 e. The van der Waals surface area contributed by atoms with Gasteiger partial charge in [0, 0.05) is 5.56 Å². The topological polar surface area (TPSA) is 42.4 Å². The Morgan fingerprint density at radius 1 is 1.64 bits per heavy atom. The van der Waals surface area contributed by atoms with Crippen LogP contribution in [0.3, 0.4) is 0 Å². The average Bonchev–Trinajstić information content (AvgIpc) is 2.01. The zero-order valence-electron chi connectivity index (χ0n) is 7.30. The Bertz CT molecular complexity index is 333. The van der Waals surface area contributed by atoms with Gasteiger partial charge in [0.25, 0.3) is 0 Å². The standard InChI is InChI=1S/C8H8ClF2NO2/c1-4-2-6(9)12-7(5(4)3-13)14-8(10)11/h2,8,13H,3H2,1H3. The lowest BCUT2D eigenvalue weighted by Gasteiger charge is -2.10. The third kappa shape index (κ3) is 2.52. The Hall–Kier alpha value is -0.940. The summed E-state index contributed by atoms with van der Waals surface area (Å²) in [7, 11) is 0. The molecule has 0 amide bonds. The maximum atomic E-state index is 11.9. The van der Waals surface area contributed by atoms with E-state index in [1.54, 1.807) is 6.92 Å². The first-order valence-electron chi connectivity index (χ1n) is 3.76. The second-order valence-corrected chi connectivity index (χ2v) is 2.97. The lowest BCUT2D eigenvalue weighted by Crippen LogP contribution is -2.07. The molecule has 3 nitrogen and oxygen atoms in total. The van der Waals surface area contributed by atoms with Crippen LogP contribution < -0.4 is 4.74 Å². The van der Waals surface area contributed by atoms with E-state index in [1.807, 2.05) is 0 Å². The number of ether oxygens (including phenoxy) is 1. The molecule has 78 valence electrons. The van der Waals surface area contributed by atoms with Gasteiger partial charge in [-0.05, 0) is 18.6 Å². The summed E-state index contributed by atoms with van der Waals surface area (Å²) in [5.41, 5.74) is 0.776. The van der Waals surface area contributed by atoms with Crippen LogP contribution in [-0.4, -0.2) is 16.7 Å². The number of aryl methyl sites for hydroxylation is 1. The summed E-state index contributed by atoms with van der Waals surface area (Å²) in [6, 6.07) is 1.46. The summed E-state index contributed by atoms with van der Waals surface area (Å²) in [4.78, 5) is 3.55. The molecule has 0 aliphatic heterocycles. The van der Waals surface area contributed by atoms with Gasteiger partial charge in [-0.2, -0.15) is 8.78 Å². The third-order valence-corrected chi connectivity index (χ3v) is 1.83. The number of nitrogens with zero attached hydrogens (tertiary/aromatic N) is 1. The second kappa shape index (κ2) is 4.52. The van der Waals surface area contributed by atoms with Crippen molar-refractivity contribution in [3.05, 3.63) is 22.3 Å². The van der Waals surface area contributed by atoms with E-state index in [4.69, 9.17) is 16.7 Å². The van der Waals surface area contributed by atoms with Crippen molar-refractivity contribution >= 4 is 11.6 Å². The van der Waals surface area contributed by atoms with Crippen LogP contribution in [0.15, 0.2) is 6.07 Å². The molecule has 0 unspecified atom stereocenters. The van der Waals surface area contributed by atoms with E-state index in [2.05, 4.69) is 9.72 Å². The first kappa shape index (κ1) is 11.1. The number of aliphatic hydroxyl groups excluding tert-OH is 1. The van der Waals surface area contributed by atoms with Crippen molar-refractivity contribution < 1.29 is 18.6 Å². The van der Waals surface area contributed by atoms with Gasteiger partial charge in [0.1, 0.15) is 5.15 Å². The number of alkyl halides is 2. The number of pyridine rings is 1. The van der Waals surface area contributed by atoms with E-state index < -0.39 is 13.2 Å². The zero-order valence-corrected chi connectivity index (χ0v) is 8.05. The molecule has 1 aromatic rings. The number of halogens is 3. The number of rotatable bonds is 3. The van der Waals surface area contributed by atoms with Crippen LogP contribution in [-0.2, 0) is 6.61 Å². The monoisotopic (exact) mass is 223 g/mol. The van der Waals surface area contributed by atoms with Gasteiger partial charge in [-0.15, -0.1) is 0 Å². The Morgan fingerprint density at radius 3 is 2.79 bits per heavy atom. The molecule has 0 aliphatic carbocycles. The Kier molecular flexibility index (Phi) is 3.60. The summed E-state index contributed by atoms with van der Waals surface area (Å²) in [6.07, 6.45) is 0. The second-order valence-electron chi connectivity index (χ2n) is 2.58. The van der Waals surface area contributed by atoms with Crippen LogP contribution in [0.5, 0.6) is 5.88 Å². The average molecular weight is 224 g/mol. The molecule has 0 aromatic carbocycles. The molecule has 1 rings (SSSR count). The maximum Gasteiger partial charge on any atom is 0.388 e. The molecule has 0 fully saturated rings. The molecule has 0 saturated heterocycles. The van der Waals surface area contributed by atoms with Crippen molar-refractivity contribution in [1.29, 1.82) is 0 Å². The lowest BCUT2D eigenvalue weighted by molar-refractivity contribution is -0.0540. The molecule has 0 atom stereocenters. The molecular formula is C8H8ClF2NO2. The molecule has 1 heterocycles. The summed E-state index contributed by atoms with van der Waals surface area (Å²) in [6.45, 7) is -1.78. The van der Waals surface area contributed by atoms with E-state index in [0.717, 1.165) is 0 Å². The van der Waals surface area contributed by atoms with Crippen LogP contribution in [0.4, 0.5) is 8.78 Å². The highest BCUT2D eigenvalue weighted by Gasteiger charge is 2.13. The molecule has 6 heteroatoms. The minimum absolute atomic E-state index is 0.0513. The molecule has 1 aromatic heterocycles. The molecular weight excluding hydrogens is 216 g/mol. The van der Waals surface area contributed by atoms with Crippen LogP contribution >= 0.6 is 11.6 Å². The quantitative estimate of drug-likeness (QED) is 0.799. The van der Waals surface area contributed by atoms with E-state index in [-0.39, 0.29) is 16.6 Å². The van der Waals surface area contributed by atoms with Gasteiger partial charge < -0.3 is 9.84 Å². The first-order chi connectivity index (χ1) is 6.54. The highest BCUT2D eigenvalue weighted by atomic mass is 35.5. The van der Waals surface area contributed by atoms with Crippen molar-refractivity contribution in [2.75, 3.05) is 0 Å². The highest BCUT2D eigenvalue weighted by molar-refractivity contribution is 6.29. The van der Waals surface area contributed by atoms with Crippen LogP contribution in [0.2, 0.25) is 5.15 Å². The van der Waals surface area contributed by atoms with E-state index in [1.165, 1.54) is 6.07 Å². The van der Waals surface area contributed by atoms with Gasteiger partial charge >= 0.3 is 6.61 Å². The smallest absolute Gasteiger partial charge is 0.388 e. The Balaban J connectivity index is 3.11. The van der Waals surface area contributed by atoms with Crippen molar-refractivity contribution in [3.63, 3.8) is 0 Å². The van der Waals surface area contributed by atoms with Gasteiger partial charge in [-0.3, -0.25) is 0 Å². The van der Waals surface area contributed by atoms with Gasteiger partial charge in [0.15, 0.2) is 0 Å². The first-order valence-corrected chi connectivity index (χ1v) is 4.14. The van der Waals surface area contributed by atoms with Crippen LogP contribution in [0.1, 0.15) is 11.1 Å². The van der Waals surface area contributed by atoms with E-state index in [9.17, 15) is 8.78 Å². The number of aliphatic hydroxyl groups is 1. The maximum absolute atomic E-state index is 11.9. The molecule has 0 radical (unpaired) electrons. The summed E-state index contributed by atoms with van der Waals surface area (Å²) in [5.74, 6) is -0.326. The van der Waals surface area contributed by atoms with Crippen LogP contribution in [0.25, 0.3) is 0 Å². The van der Waals surface area contributed by atoms with E-state index >= 15 is 0 Å². The van der Waals surface area contributed by atoms with Crippen molar-refractivity contribution in [3.8, 4) is 5.88 Å². The molecule has 0 spiro atoms. The van der Waals surface area contributed by atoms with Gasteiger partial charge in [-0.1, -0.05) is 11.6 Å². The third-order valence-electron chi connectivity index (χ3n) is 1.64. The SMILES string of the molecule is Cc1cc(Cl)nc(OC(F)F)c1CO. The number of hydrogen-bond donors (Lipinski definition) is 1. The molecule has 0 bridgehead atoms. The predicted octanol–water partition coefficient (Wildman–Crippen LogP) is 2.14. The minimum atomic E-state index is -2.98. The normalized spacial score (nSPS) is 10.7. The van der Waals surface area contributed by atoms with Gasteiger partial charge in [0.2, 0.25) is 5.88 Å². The predicted molar refractivity (Wildman–Crippen MR) is 46.5 cm³/mol. The fraction of sp³-hybridized carbons (Fsp3) is 0.375. The summed E-state index contributed by atoms with van der Waals surface area (Å²) >= 11 is 5.54. The van der Waals surface area contributed by atoms with Crippen molar-refractivity contribution in [1.82, 2.24) is 4.98 Å². The fourth-order valence-corrected chi connectivity index (χ4v) is 1.25. The molecule has 0 saturated carbocycles. The fourth-order valence-electron chi connectivity index (χ4n) is 1.01. The number of aromatic nitrogens is 1. The van der Waals surface area contributed by atoms with Gasteiger partial charge in [-0.25, -0.2) is 4.98 Å². The Labute approximate surface area is 84.3 Å². The lowest BCUT2D eigenvalue weighted by atomic mass is 10.1. The summed E-state index contributed by atoms with van der Waals surface area (Å²) in [5, 5.41) is 8.95. The summed E-state index contributed by atoms with van der Waals surface area (Å²) < 4.78 is 27.9. The van der Waals surface area contributed by atoms with Crippen molar-refractivity contribution in [2.45, 2.75) is 20.1 Å². The van der Waals surface area contributed by atoms with Crippen molar-refractivity contribution in [2.24, 2.45) is 0 Å². The minimum Gasteiger partial charge on any atom is -0.416 e. The molecule has 14 heavy (non-hydrogen) atoms. The molecule has 1 N–H and O–H groups in total. The number of hydrogen-bond acceptors (Lipinski definition) is 3. The van der Waals surface area contributed by atoms with Gasteiger partial charge in [0.05, 0.1) is 6.61 Å². The Morgan fingerprint density at radius 2 is 2.29 bits per heavy atom. The zero-order chi connectivity index (χ0) is 10.7. The molecule has 0 aliphatic rings. The van der Waals surface area contributed by atoms with E-state index in [0.29, 0.717) is 5.56 Å². The highest BCUT2D eigenvalue weighted by Crippen LogP contribution is 2.24. The van der Waals surface area contributed by atoms with Crippen LogP contribution in [0, 0.1) is 6.92 Å².